The van der Waals surface area contributed by atoms with E-state index in [-0.39, 0.29) is 43.3 Å². The molecule has 1 amide bonds. The Hall–Kier alpha value is -0.410. The van der Waals surface area contributed by atoms with Crippen molar-refractivity contribution in [1.82, 2.24) is 15.4 Å². The summed E-state index contributed by atoms with van der Waals surface area (Å²) >= 11 is 0. The largest absolute Gasteiger partial charge is 0.377 e. The molecule has 0 aromatic carbocycles. The highest BCUT2D eigenvalue weighted by Crippen LogP contribution is 2.27. The molecule has 1 aliphatic carbocycles. The summed E-state index contributed by atoms with van der Waals surface area (Å²) in [6, 6.07) is 0. The molecule has 1 atom stereocenters. The van der Waals surface area contributed by atoms with Crippen LogP contribution in [0, 0.1) is 5.92 Å². The molecule has 1 unspecified atom stereocenters. The molecule has 0 bridgehead atoms. The van der Waals surface area contributed by atoms with Crippen LogP contribution in [-0.4, -0.2) is 59.0 Å². The van der Waals surface area contributed by atoms with E-state index in [9.17, 15) is 13.2 Å². The van der Waals surface area contributed by atoms with E-state index in [2.05, 4.69) is 15.4 Å². The van der Waals surface area contributed by atoms with Gasteiger partial charge in [0.1, 0.15) is 0 Å². The minimum atomic E-state index is -3.37. The predicted octanol–water partition coefficient (Wildman–Crippen LogP) is 0.0125. The van der Waals surface area contributed by atoms with Gasteiger partial charge in [-0.3, -0.25) is 4.79 Å². The Balaban J connectivity index is 0.00000264. The third-order valence-corrected chi connectivity index (χ3v) is 5.26. The van der Waals surface area contributed by atoms with Gasteiger partial charge in [0.2, 0.25) is 15.9 Å². The Morgan fingerprint density at radius 1 is 1.13 bits per heavy atom. The highest BCUT2D eigenvalue weighted by atomic mass is 35.5. The van der Waals surface area contributed by atoms with E-state index in [1.54, 1.807) is 0 Å². The third kappa shape index (κ3) is 9.46. The fourth-order valence-corrected chi connectivity index (χ4v) is 3.31. The first kappa shape index (κ1) is 20.6. The summed E-state index contributed by atoms with van der Waals surface area (Å²) in [5.41, 5.74) is 0. The zero-order valence-electron chi connectivity index (χ0n) is 13.4. The summed E-state index contributed by atoms with van der Waals surface area (Å²) in [5.74, 6) is 0.458. The van der Waals surface area contributed by atoms with E-state index >= 15 is 0 Å². The Kier molecular flexibility index (Phi) is 9.38. The Labute approximate surface area is 144 Å². The molecule has 23 heavy (non-hydrogen) atoms. The van der Waals surface area contributed by atoms with E-state index < -0.39 is 10.0 Å². The average molecular weight is 370 g/mol. The molecule has 2 aliphatic rings. The molecule has 0 radical (unpaired) electrons. The molecule has 9 heteroatoms. The zero-order valence-corrected chi connectivity index (χ0v) is 15.0. The van der Waals surface area contributed by atoms with Crippen molar-refractivity contribution in [1.29, 1.82) is 0 Å². The van der Waals surface area contributed by atoms with E-state index in [1.165, 1.54) is 12.8 Å². The lowest BCUT2D eigenvalue weighted by Gasteiger charge is -2.22. The van der Waals surface area contributed by atoms with Gasteiger partial charge in [0.05, 0.1) is 18.4 Å². The third-order valence-electron chi connectivity index (χ3n) is 3.91. The number of hydrogen-bond donors (Lipinski definition) is 3. The van der Waals surface area contributed by atoms with Gasteiger partial charge in [-0.25, -0.2) is 13.1 Å². The van der Waals surface area contributed by atoms with Crippen LogP contribution in [0.4, 0.5) is 0 Å². The smallest absolute Gasteiger partial charge is 0.233 e. The highest BCUT2D eigenvalue weighted by molar-refractivity contribution is 7.89. The first-order valence-corrected chi connectivity index (χ1v) is 9.77. The number of nitrogens with one attached hydrogen (secondary N) is 3. The summed E-state index contributed by atoms with van der Waals surface area (Å²) in [6.07, 6.45) is 5.48. The first-order chi connectivity index (χ1) is 10.6. The van der Waals surface area contributed by atoms with Crippen LogP contribution in [0.1, 0.15) is 32.1 Å². The van der Waals surface area contributed by atoms with Crippen LogP contribution < -0.4 is 15.4 Å². The van der Waals surface area contributed by atoms with Crippen molar-refractivity contribution in [2.24, 2.45) is 5.92 Å². The molecule has 2 fully saturated rings. The monoisotopic (exact) mass is 369 g/mol. The van der Waals surface area contributed by atoms with Gasteiger partial charge < -0.3 is 15.4 Å². The van der Waals surface area contributed by atoms with Crippen LogP contribution in [0.25, 0.3) is 0 Å². The number of ether oxygens (including phenoxy) is 1. The quantitative estimate of drug-likeness (QED) is 0.504. The van der Waals surface area contributed by atoms with Crippen molar-refractivity contribution < 1.29 is 17.9 Å². The number of amides is 1. The summed E-state index contributed by atoms with van der Waals surface area (Å²) in [5, 5.41) is 5.69. The molecular formula is C14H28ClN3O4S. The summed E-state index contributed by atoms with van der Waals surface area (Å²) in [7, 11) is -3.37. The van der Waals surface area contributed by atoms with Gasteiger partial charge >= 0.3 is 0 Å². The van der Waals surface area contributed by atoms with Crippen molar-refractivity contribution >= 4 is 28.3 Å². The molecule has 136 valence electrons. The fraction of sp³-hybridized carbons (Fsp3) is 0.929. The number of halogens is 1. The van der Waals surface area contributed by atoms with E-state index in [0.29, 0.717) is 13.2 Å². The van der Waals surface area contributed by atoms with E-state index in [0.717, 1.165) is 31.7 Å². The van der Waals surface area contributed by atoms with E-state index in [4.69, 9.17) is 4.74 Å². The SMILES string of the molecule is Cl.O=C(CNCC1CC1)NCCS(=O)(=O)NCC1CCCCO1. The highest BCUT2D eigenvalue weighted by Gasteiger charge is 2.21. The Bertz CT molecular complexity index is 451. The number of carbonyl (C=O) groups is 1. The zero-order chi connectivity index (χ0) is 15.8. The van der Waals surface area contributed by atoms with Crippen molar-refractivity contribution in [2.45, 2.75) is 38.2 Å². The van der Waals surface area contributed by atoms with Gasteiger partial charge in [-0.05, 0) is 44.6 Å². The molecule has 0 aromatic heterocycles. The molecule has 0 aromatic rings. The average Bonchev–Trinajstić information content (AvgIpc) is 3.30. The number of rotatable bonds is 10. The second-order valence-electron chi connectivity index (χ2n) is 6.08. The van der Waals surface area contributed by atoms with Crippen molar-refractivity contribution in [2.75, 3.05) is 38.5 Å². The van der Waals surface area contributed by atoms with Crippen LogP contribution in [0.5, 0.6) is 0 Å². The van der Waals surface area contributed by atoms with Crippen molar-refractivity contribution in [3.8, 4) is 0 Å². The lowest BCUT2D eigenvalue weighted by Crippen LogP contribution is -2.41. The number of hydrogen-bond acceptors (Lipinski definition) is 5. The van der Waals surface area contributed by atoms with E-state index in [1.807, 2.05) is 0 Å². The topological polar surface area (TPSA) is 96.5 Å². The minimum Gasteiger partial charge on any atom is -0.377 e. The van der Waals surface area contributed by atoms with Crippen LogP contribution in [0.2, 0.25) is 0 Å². The molecular weight excluding hydrogens is 342 g/mol. The van der Waals surface area contributed by atoms with Crippen molar-refractivity contribution in [3.63, 3.8) is 0 Å². The number of carbonyl (C=O) groups excluding carboxylic acids is 1. The van der Waals surface area contributed by atoms with Gasteiger partial charge in [-0.1, -0.05) is 0 Å². The van der Waals surface area contributed by atoms with Gasteiger partial charge in [0, 0.05) is 19.7 Å². The van der Waals surface area contributed by atoms with Gasteiger partial charge in [0.15, 0.2) is 0 Å². The molecule has 1 saturated heterocycles. The second kappa shape index (κ2) is 10.5. The van der Waals surface area contributed by atoms with Gasteiger partial charge in [-0.2, -0.15) is 0 Å². The standard InChI is InChI=1S/C14H27N3O4S.ClH/c18-14(11-15-9-12-4-5-12)16-6-8-22(19,20)17-10-13-3-1-2-7-21-13;/h12-13,15,17H,1-11H2,(H,16,18);1H. The molecule has 1 aliphatic heterocycles. The molecule has 1 saturated carbocycles. The Morgan fingerprint density at radius 3 is 2.57 bits per heavy atom. The summed E-state index contributed by atoms with van der Waals surface area (Å²) in [4.78, 5) is 11.5. The molecule has 0 spiro atoms. The molecule has 2 rings (SSSR count). The first-order valence-electron chi connectivity index (χ1n) is 8.11. The Morgan fingerprint density at radius 2 is 1.91 bits per heavy atom. The van der Waals surface area contributed by atoms with Crippen LogP contribution in [0.3, 0.4) is 0 Å². The van der Waals surface area contributed by atoms with Crippen LogP contribution in [-0.2, 0) is 19.6 Å². The lowest BCUT2D eigenvalue weighted by molar-refractivity contribution is -0.120. The summed E-state index contributed by atoms with van der Waals surface area (Å²) in [6.45, 7) is 2.27. The maximum Gasteiger partial charge on any atom is 0.233 e. The maximum atomic E-state index is 11.8. The lowest BCUT2D eigenvalue weighted by atomic mass is 10.1. The molecule has 1 heterocycles. The second-order valence-corrected chi connectivity index (χ2v) is 8.01. The minimum absolute atomic E-state index is 0. The van der Waals surface area contributed by atoms with Crippen LogP contribution >= 0.6 is 12.4 Å². The number of sulfonamides is 1. The normalized spacial score (nSPS) is 21.5. The predicted molar refractivity (Wildman–Crippen MR) is 91.2 cm³/mol. The fourth-order valence-electron chi connectivity index (χ4n) is 2.36. The van der Waals surface area contributed by atoms with Crippen LogP contribution in [0.15, 0.2) is 0 Å². The van der Waals surface area contributed by atoms with Crippen molar-refractivity contribution in [3.05, 3.63) is 0 Å². The maximum absolute atomic E-state index is 11.8. The summed E-state index contributed by atoms with van der Waals surface area (Å²) < 4.78 is 31.7. The molecule has 3 N–H and O–H groups in total. The molecule has 7 nitrogen and oxygen atoms in total. The van der Waals surface area contributed by atoms with Gasteiger partial charge in [0.25, 0.3) is 0 Å². The van der Waals surface area contributed by atoms with Gasteiger partial charge in [-0.15, -0.1) is 12.4 Å².